The lowest BCUT2D eigenvalue weighted by atomic mass is 9.93. The van der Waals surface area contributed by atoms with Crippen LogP contribution in [0.3, 0.4) is 0 Å². The van der Waals surface area contributed by atoms with Gasteiger partial charge in [0.2, 0.25) is 5.91 Å². The van der Waals surface area contributed by atoms with E-state index >= 15 is 0 Å². The largest absolute Gasteiger partial charge is 0.480 e. The van der Waals surface area contributed by atoms with Crippen LogP contribution in [-0.2, 0) is 14.3 Å². The Balaban J connectivity index is 1.26. The van der Waals surface area contributed by atoms with E-state index in [0.29, 0.717) is 24.5 Å². The van der Waals surface area contributed by atoms with Gasteiger partial charge in [0.15, 0.2) is 0 Å². The maximum atomic E-state index is 13.4. The summed E-state index contributed by atoms with van der Waals surface area (Å²) in [4.78, 5) is 39.4. The highest BCUT2D eigenvalue weighted by atomic mass is 32.2. The fourth-order valence-electron chi connectivity index (χ4n) is 5.64. The van der Waals surface area contributed by atoms with Crippen LogP contribution in [0, 0.1) is 5.92 Å². The third-order valence-corrected chi connectivity index (χ3v) is 8.44. The van der Waals surface area contributed by atoms with Gasteiger partial charge in [0.05, 0.1) is 11.8 Å². The van der Waals surface area contributed by atoms with Crippen molar-refractivity contribution in [3.63, 3.8) is 0 Å². The topological polar surface area (TPSA) is 95.9 Å². The SMILES string of the molecule is O=C(N[C@@H]1CCCCC[C@@H]1C(=O)N1CSCC1C(=O)O)OCC1c2ccccc2-c2ccccc21. The van der Waals surface area contributed by atoms with Gasteiger partial charge in [-0.05, 0) is 35.1 Å². The summed E-state index contributed by atoms with van der Waals surface area (Å²) in [6, 6.07) is 15.2. The molecule has 2 fully saturated rings. The highest BCUT2D eigenvalue weighted by molar-refractivity contribution is 7.99. The third-order valence-electron chi connectivity index (χ3n) is 7.43. The number of thioether (sulfide) groups is 1. The van der Waals surface area contributed by atoms with Crippen LogP contribution >= 0.6 is 11.8 Å². The smallest absolute Gasteiger partial charge is 0.407 e. The standard InChI is InChI=1S/C27H30N2O5S/c30-25(29-16-35-15-24(29)26(31)32)21-12-2-1-3-13-23(21)28-27(33)34-14-22-19-10-6-4-8-17(19)18-9-5-7-11-20(18)22/h4-11,21-24H,1-3,12-16H2,(H,28,33)(H,31,32)/t21-,23+,24?/m0/s1. The molecule has 2 aromatic rings. The van der Waals surface area contributed by atoms with Crippen molar-refractivity contribution in [1.82, 2.24) is 10.2 Å². The summed E-state index contributed by atoms with van der Waals surface area (Å²) in [6.07, 6.45) is 3.58. The molecule has 2 aliphatic carbocycles. The molecule has 8 heteroatoms. The van der Waals surface area contributed by atoms with Crippen molar-refractivity contribution in [2.24, 2.45) is 5.92 Å². The Morgan fingerprint density at radius 2 is 1.63 bits per heavy atom. The second-order valence-electron chi connectivity index (χ2n) is 9.48. The Hall–Kier alpha value is -3.00. The molecule has 5 rings (SSSR count). The van der Waals surface area contributed by atoms with E-state index in [1.807, 2.05) is 24.3 Å². The number of amides is 2. The number of carboxylic acid groups (broad SMARTS) is 1. The summed E-state index contributed by atoms with van der Waals surface area (Å²) in [7, 11) is 0. The Kier molecular flexibility index (Phi) is 7.00. The lowest BCUT2D eigenvalue weighted by Crippen LogP contribution is -2.51. The molecule has 1 saturated heterocycles. The van der Waals surface area contributed by atoms with Crippen LogP contribution < -0.4 is 5.32 Å². The molecule has 3 aliphatic rings. The molecule has 2 amide bonds. The van der Waals surface area contributed by atoms with Gasteiger partial charge in [-0.15, -0.1) is 11.8 Å². The number of aliphatic carboxylic acids is 1. The minimum absolute atomic E-state index is 0.0299. The summed E-state index contributed by atoms with van der Waals surface area (Å²) in [6.45, 7) is 0.217. The molecule has 35 heavy (non-hydrogen) atoms. The molecule has 0 bridgehead atoms. The number of carbonyl (C=O) groups excluding carboxylic acids is 2. The van der Waals surface area contributed by atoms with Crippen LogP contribution in [0.25, 0.3) is 11.1 Å². The van der Waals surface area contributed by atoms with E-state index in [4.69, 9.17) is 4.74 Å². The fourth-order valence-corrected chi connectivity index (χ4v) is 6.80. The number of fused-ring (bicyclic) bond motifs is 3. The van der Waals surface area contributed by atoms with Crippen LogP contribution in [0.15, 0.2) is 48.5 Å². The average Bonchev–Trinajstić information content (AvgIpc) is 3.40. The molecule has 7 nitrogen and oxygen atoms in total. The number of rotatable bonds is 5. The highest BCUT2D eigenvalue weighted by Gasteiger charge is 2.41. The van der Waals surface area contributed by atoms with Crippen LogP contribution in [0.5, 0.6) is 0 Å². The summed E-state index contributed by atoms with van der Waals surface area (Å²) < 4.78 is 5.72. The number of nitrogens with one attached hydrogen (secondary N) is 1. The second kappa shape index (κ2) is 10.3. The quantitative estimate of drug-likeness (QED) is 0.596. The summed E-state index contributed by atoms with van der Waals surface area (Å²) in [5.74, 6) is -0.829. The van der Waals surface area contributed by atoms with Crippen molar-refractivity contribution in [2.75, 3.05) is 18.2 Å². The van der Waals surface area contributed by atoms with E-state index in [9.17, 15) is 19.5 Å². The maximum absolute atomic E-state index is 13.4. The van der Waals surface area contributed by atoms with Crippen molar-refractivity contribution in [3.8, 4) is 11.1 Å². The first kappa shape index (κ1) is 23.7. The van der Waals surface area contributed by atoms with Gasteiger partial charge in [0, 0.05) is 17.7 Å². The molecule has 1 aliphatic heterocycles. The number of nitrogens with zero attached hydrogens (tertiary/aromatic N) is 1. The first-order valence-corrected chi connectivity index (χ1v) is 13.4. The number of carboxylic acids is 1. The predicted octanol–water partition coefficient (Wildman–Crippen LogP) is 4.46. The number of benzene rings is 2. The van der Waals surface area contributed by atoms with Gasteiger partial charge in [-0.1, -0.05) is 67.8 Å². The molecule has 1 heterocycles. The van der Waals surface area contributed by atoms with Crippen LogP contribution in [0.1, 0.15) is 49.1 Å². The third kappa shape index (κ3) is 4.76. The molecule has 1 saturated carbocycles. The van der Waals surface area contributed by atoms with Crippen molar-refractivity contribution in [2.45, 2.75) is 50.1 Å². The Morgan fingerprint density at radius 3 is 2.31 bits per heavy atom. The molecule has 2 N–H and O–H groups in total. The van der Waals surface area contributed by atoms with E-state index in [1.165, 1.54) is 27.8 Å². The van der Waals surface area contributed by atoms with E-state index in [1.54, 1.807) is 0 Å². The van der Waals surface area contributed by atoms with E-state index in [-0.39, 0.29) is 24.5 Å². The molecule has 1 unspecified atom stereocenters. The molecular weight excluding hydrogens is 464 g/mol. The first-order valence-electron chi connectivity index (χ1n) is 12.3. The zero-order valence-corrected chi connectivity index (χ0v) is 20.3. The van der Waals surface area contributed by atoms with Crippen molar-refractivity contribution in [3.05, 3.63) is 59.7 Å². The molecule has 0 radical (unpaired) electrons. The summed E-state index contributed by atoms with van der Waals surface area (Å²) in [5.41, 5.74) is 4.64. The first-order chi connectivity index (χ1) is 17.0. The van der Waals surface area contributed by atoms with Crippen molar-refractivity contribution >= 4 is 29.7 Å². The number of hydrogen-bond donors (Lipinski definition) is 2. The molecule has 0 aromatic heterocycles. The van der Waals surface area contributed by atoms with Crippen LogP contribution in [0.2, 0.25) is 0 Å². The number of carbonyl (C=O) groups is 3. The monoisotopic (exact) mass is 494 g/mol. The number of ether oxygens (including phenoxy) is 1. The molecule has 3 atom stereocenters. The fraction of sp³-hybridized carbons (Fsp3) is 0.444. The van der Waals surface area contributed by atoms with Crippen molar-refractivity contribution < 1.29 is 24.2 Å². The Bertz CT molecular complexity index is 1080. The zero-order chi connectivity index (χ0) is 24.4. The Labute approximate surface area is 209 Å². The lowest BCUT2D eigenvalue weighted by molar-refractivity contribution is -0.150. The summed E-state index contributed by atoms with van der Waals surface area (Å²) >= 11 is 1.45. The van der Waals surface area contributed by atoms with Gasteiger partial charge in [0.25, 0.3) is 0 Å². The lowest BCUT2D eigenvalue weighted by Gasteiger charge is -2.30. The average molecular weight is 495 g/mol. The van der Waals surface area contributed by atoms with Gasteiger partial charge >= 0.3 is 12.1 Å². The van der Waals surface area contributed by atoms with Crippen molar-refractivity contribution in [1.29, 1.82) is 0 Å². The second-order valence-corrected chi connectivity index (χ2v) is 10.5. The number of alkyl carbamates (subject to hydrolysis) is 1. The Morgan fingerprint density at radius 1 is 0.971 bits per heavy atom. The van der Waals surface area contributed by atoms with Gasteiger partial charge in [-0.2, -0.15) is 0 Å². The minimum Gasteiger partial charge on any atom is -0.480 e. The molecular formula is C27H30N2O5S. The summed E-state index contributed by atoms with van der Waals surface area (Å²) in [5, 5.41) is 12.5. The van der Waals surface area contributed by atoms with Gasteiger partial charge in [-0.25, -0.2) is 9.59 Å². The number of hydrogen-bond acceptors (Lipinski definition) is 5. The molecule has 2 aromatic carbocycles. The van der Waals surface area contributed by atoms with E-state index in [0.717, 1.165) is 30.4 Å². The zero-order valence-electron chi connectivity index (χ0n) is 19.5. The van der Waals surface area contributed by atoms with E-state index in [2.05, 4.69) is 29.6 Å². The van der Waals surface area contributed by atoms with Crippen LogP contribution in [0.4, 0.5) is 4.79 Å². The predicted molar refractivity (Wildman–Crippen MR) is 134 cm³/mol. The minimum atomic E-state index is -0.974. The van der Waals surface area contributed by atoms with Crippen LogP contribution in [-0.4, -0.2) is 58.3 Å². The maximum Gasteiger partial charge on any atom is 0.407 e. The van der Waals surface area contributed by atoms with Gasteiger partial charge in [-0.3, -0.25) is 4.79 Å². The molecule has 184 valence electrons. The van der Waals surface area contributed by atoms with E-state index < -0.39 is 24.0 Å². The van der Waals surface area contributed by atoms with Gasteiger partial charge < -0.3 is 20.1 Å². The van der Waals surface area contributed by atoms with Gasteiger partial charge in [0.1, 0.15) is 12.6 Å². The normalized spacial score (nSPS) is 23.8. The highest BCUT2D eigenvalue weighted by Crippen LogP contribution is 2.44. The molecule has 0 spiro atoms.